The van der Waals surface area contributed by atoms with E-state index in [1.165, 1.54) is 24.5 Å². The van der Waals surface area contributed by atoms with Gasteiger partial charge < -0.3 is 9.84 Å². The molecule has 1 rings (SSSR count). The van der Waals surface area contributed by atoms with Crippen molar-refractivity contribution in [1.82, 2.24) is 9.44 Å². The zero-order chi connectivity index (χ0) is 15.0. The van der Waals surface area contributed by atoms with Crippen molar-refractivity contribution in [3.63, 3.8) is 0 Å². The second kappa shape index (κ2) is 8.12. The maximum atomic E-state index is 11.6. The molecule has 0 radical (unpaired) electrons. The van der Waals surface area contributed by atoms with Gasteiger partial charge in [0.15, 0.2) is 0 Å². The van der Waals surface area contributed by atoms with E-state index in [2.05, 4.69) is 9.44 Å². The highest BCUT2D eigenvalue weighted by atomic mass is 32.2. The van der Waals surface area contributed by atoms with Crippen LogP contribution < -0.4 is 9.44 Å². The summed E-state index contributed by atoms with van der Waals surface area (Å²) in [7, 11) is -2.11. The van der Waals surface area contributed by atoms with Gasteiger partial charge in [0, 0.05) is 31.2 Å². The van der Waals surface area contributed by atoms with Gasteiger partial charge in [0.25, 0.3) is 10.2 Å². The van der Waals surface area contributed by atoms with Crippen molar-refractivity contribution in [2.75, 3.05) is 20.3 Å². The van der Waals surface area contributed by atoms with Gasteiger partial charge in [0.05, 0.1) is 6.61 Å². The van der Waals surface area contributed by atoms with Gasteiger partial charge in [-0.2, -0.15) is 17.9 Å². The van der Waals surface area contributed by atoms with Gasteiger partial charge in [-0.05, 0) is 23.1 Å². The Labute approximate surface area is 121 Å². The fourth-order valence-electron chi connectivity index (χ4n) is 1.29. The van der Waals surface area contributed by atoms with E-state index in [0.717, 1.165) is 11.0 Å². The average Bonchev–Trinajstić information content (AvgIpc) is 2.82. The van der Waals surface area contributed by atoms with Crippen molar-refractivity contribution < 1.29 is 23.1 Å². The summed E-state index contributed by atoms with van der Waals surface area (Å²) < 4.78 is 32.6. The molecule has 1 aromatic heterocycles. The third kappa shape index (κ3) is 6.26. The van der Waals surface area contributed by atoms with Crippen LogP contribution in [0, 0.1) is 0 Å². The molecule has 3 N–H and O–H groups in total. The Kier molecular flexibility index (Phi) is 6.82. The Bertz CT molecular complexity index is 565. The lowest BCUT2D eigenvalue weighted by molar-refractivity contribution is -0.131. The molecule has 9 heteroatoms. The van der Waals surface area contributed by atoms with E-state index >= 15 is 0 Å². The summed E-state index contributed by atoms with van der Waals surface area (Å²) in [6.07, 6.45) is 2.44. The van der Waals surface area contributed by atoms with Crippen LogP contribution in [0.1, 0.15) is 10.4 Å². The van der Waals surface area contributed by atoms with Crippen LogP contribution >= 0.6 is 11.3 Å². The molecule has 7 nitrogen and oxygen atoms in total. The molecule has 0 spiro atoms. The fraction of sp³-hybridized carbons (Fsp3) is 0.364. The Morgan fingerprint density at radius 3 is 2.90 bits per heavy atom. The number of hydrogen-bond donors (Lipinski definition) is 3. The lowest BCUT2D eigenvalue weighted by Crippen LogP contribution is -2.37. The predicted molar refractivity (Wildman–Crippen MR) is 76.6 cm³/mol. The van der Waals surface area contributed by atoms with Crippen molar-refractivity contribution in [3.05, 3.63) is 28.0 Å². The Balaban J connectivity index is 2.57. The summed E-state index contributed by atoms with van der Waals surface area (Å²) >= 11 is 1.35. The first kappa shape index (κ1) is 16.8. The fourth-order valence-corrected chi connectivity index (χ4v) is 2.98. The summed E-state index contributed by atoms with van der Waals surface area (Å²) in [4.78, 5) is 11.2. The Morgan fingerprint density at radius 2 is 2.25 bits per heavy atom. The molecule has 0 fully saturated rings. The predicted octanol–water partition coefficient (Wildman–Crippen LogP) is 0.416. The molecule has 0 unspecified atom stereocenters. The Morgan fingerprint density at radius 1 is 1.50 bits per heavy atom. The van der Waals surface area contributed by atoms with Gasteiger partial charge in [-0.25, -0.2) is 4.79 Å². The summed E-state index contributed by atoms with van der Waals surface area (Å²) in [6, 6.07) is 1.73. The number of carboxylic acids is 1. The first-order valence-electron chi connectivity index (χ1n) is 5.65. The van der Waals surface area contributed by atoms with Crippen LogP contribution in [0.4, 0.5) is 0 Å². The maximum Gasteiger partial charge on any atom is 0.328 e. The highest BCUT2D eigenvalue weighted by Gasteiger charge is 2.10. The minimum absolute atomic E-state index is 0.0965. The van der Waals surface area contributed by atoms with Crippen LogP contribution in [0.25, 0.3) is 6.08 Å². The molecule has 20 heavy (non-hydrogen) atoms. The van der Waals surface area contributed by atoms with E-state index in [1.807, 2.05) is 0 Å². The number of rotatable bonds is 9. The molecule has 0 aliphatic carbocycles. The molecule has 1 heterocycles. The molecule has 0 bridgehead atoms. The van der Waals surface area contributed by atoms with Crippen LogP contribution in [0.3, 0.4) is 0 Å². The smallest absolute Gasteiger partial charge is 0.328 e. The minimum atomic E-state index is -3.59. The SMILES string of the molecule is COCCNS(=O)(=O)NCc1sccc1/C=C/C(=O)O. The number of hydrogen-bond acceptors (Lipinski definition) is 5. The number of carbonyl (C=O) groups is 1. The van der Waals surface area contributed by atoms with Crippen LogP contribution in [0.15, 0.2) is 17.5 Å². The van der Waals surface area contributed by atoms with Gasteiger partial charge in [0.1, 0.15) is 0 Å². The molecule has 0 aliphatic rings. The summed E-state index contributed by atoms with van der Waals surface area (Å²) in [5.41, 5.74) is 0.678. The van der Waals surface area contributed by atoms with Gasteiger partial charge in [-0.15, -0.1) is 11.3 Å². The van der Waals surface area contributed by atoms with Crippen molar-refractivity contribution in [2.24, 2.45) is 0 Å². The van der Waals surface area contributed by atoms with Crippen molar-refractivity contribution in [3.8, 4) is 0 Å². The first-order valence-corrected chi connectivity index (χ1v) is 8.01. The second-order valence-electron chi connectivity index (χ2n) is 3.68. The highest BCUT2D eigenvalue weighted by molar-refractivity contribution is 7.87. The molecule has 0 saturated carbocycles. The largest absolute Gasteiger partial charge is 0.478 e. The van der Waals surface area contributed by atoms with Gasteiger partial charge in [-0.1, -0.05) is 0 Å². The zero-order valence-electron chi connectivity index (χ0n) is 10.8. The topological polar surface area (TPSA) is 105 Å². The number of aliphatic carboxylic acids is 1. The summed E-state index contributed by atoms with van der Waals surface area (Å²) in [6.45, 7) is 0.563. The van der Waals surface area contributed by atoms with Crippen molar-refractivity contribution >= 4 is 33.6 Å². The highest BCUT2D eigenvalue weighted by Crippen LogP contribution is 2.18. The number of thiophene rings is 1. The van der Waals surface area contributed by atoms with E-state index < -0.39 is 16.2 Å². The molecular weight excluding hydrogens is 304 g/mol. The van der Waals surface area contributed by atoms with Crippen molar-refractivity contribution in [2.45, 2.75) is 6.54 Å². The van der Waals surface area contributed by atoms with Crippen LogP contribution in [-0.4, -0.2) is 39.8 Å². The summed E-state index contributed by atoms with van der Waals surface area (Å²) in [5.74, 6) is -1.05. The van der Waals surface area contributed by atoms with Crippen LogP contribution in [-0.2, 0) is 26.3 Å². The quantitative estimate of drug-likeness (QED) is 0.452. The van der Waals surface area contributed by atoms with Crippen LogP contribution in [0.2, 0.25) is 0 Å². The van der Waals surface area contributed by atoms with E-state index in [0.29, 0.717) is 5.56 Å². The molecule has 0 aromatic carbocycles. The van der Waals surface area contributed by atoms with Gasteiger partial charge in [-0.3, -0.25) is 0 Å². The van der Waals surface area contributed by atoms with Crippen LogP contribution in [0.5, 0.6) is 0 Å². The molecule has 0 aliphatic heterocycles. The van der Waals surface area contributed by atoms with E-state index in [-0.39, 0.29) is 19.7 Å². The standard InChI is InChI=1S/C11H16N2O5S2/c1-18-6-5-12-20(16,17)13-8-10-9(4-7-19-10)2-3-11(14)15/h2-4,7,12-13H,5-6,8H2,1H3,(H,14,15)/b3-2+. The van der Waals surface area contributed by atoms with E-state index in [9.17, 15) is 13.2 Å². The van der Waals surface area contributed by atoms with E-state index in [4.69, 9.17) is 9.84 Å². The number of methoxy groups -OCH3 is 1. The molecule has 0 saturated heterocycles. The van der Waals surface area contributed by atoms with E-state index in [1.54, 1.807) is 11.4 Å². The molecule has 0 atom stereocenters. The molecule has 112 valence electrons. The molecular formula is C11H16N2O5S2. The van der Waals surface area contributed by atoms with Gasteiger partial charge in [0.2, 0.25) is 0 Å². The molecule has 0 amide bonds. The number of carboxylic acid groups (broad SMARTS) is 1. The van der Waals surface area contributed by atoms with Crippen molar-refractivity contribution in [1.29, 1.82) is 0 Å². The molecule has 1 aromatic rings. The second-order valence-corrected chi connectivity index (χ2v) is 6.27. The Hall–Kier alpha value is -1.26. The summed E-state index contributed by atoms with van der Waals surface area (Å²) in [5, 5.41) is 10.3. The van der Waals surface area contributed by atoms with Gasteiger partial charge >= 0.3 is 5.97 Å². The third-order valence-electron chi connectivity index (χ3n) is 2.21. The zero-order valence-corrected chi connectivity index (χ0v) is 12.5. The maximum absolute atomic E-state index is 11.6. The monoisotopic (exact) mass is 320 g/mol. The minimum Gasteiger partial charge on any atom is -0.478 e. The lowest BCUT2D eigenvalue weighted by atomic mass is 10.2. The first-order chi connectivity index (χ1) is 9.44. The number of ether oxygens (including phenoxy) is 1. The number of nitrogens with one attached hydrogen (secondary N) is 2. The normalized spacial score (nSPS) is 12.1. The third-order valence-corrected chi connectivity index (χ3v) is 4.25. The lowest BCUT2D eigenvalue weighted by Gasteiger charge is -2.07. The average molecular weight is 320 g/mol.